The zero-order valence-electron chi connectivity index (χ0n) is 23.1. The second kappa shape index (κ2) is 24.4. The smallest absolute Gasteiger partial charge is 0.266 e. The number of carbonyl (C=O) groups excluding carboxylic acids is 1. The maximum atomic E-state index is 12.3. The number of amides is 1. The van der Waals surface area contributed by atoms with Gasteiger partial charge in [0.1, 0.15) is 0 Å². The summed E-state index contributed by atoms with van der Waals surface area (Å²) < 4.78 is 31.9. The quantitative estimate of drug-likeness (QED) is 0.0739. The Labute approximate surface area is 226 Å². The first-order valence-corrected chi connectivity index (χ1v) is 15.6. The van der Waals surface area contributed by atoms with Crippen LogP contribution in [-0.4, -0.2) is 41.9 Å². The Balaban J connectivity index is 4.12. The van der Waals surface area contributed by atoms with Crippen molar-refractivity contribution >= 4 is 16.0 Å². The lowest BCUT2D eigenvalue weighted by atomic mass is 10.0. The second-order valence-electron chi connectivity index (χ2n) is 9.29. The Morgan fingerprint density at radius 3 is 1.78 bits per heavy atom. The average Bonchev–Trinajstić information content (AvgIpc) is 2.84. The minimum absolute atomic E-state index is 0.236. The molecule has 0 fully saturated rings. The summed E-state index contributed by atoms with van der Waals surface area (Å²) >= 11 is 0. The van der Waals surface area contributed by atoms with Crippen LogP contribution < -0.4 is 5.32 Å². The second-order valence-corrected chi connectivity index (χ2v) is 10.8. The van der Waals surface area contributed by atoms with Crippen molar-refractivity contribution in [2.75, 3.05) is 5.75 Å². The van der Waals surface area contributed by atoms with Gasteiger partial charge in [-0.3, -0.25) is 9.35 Å². The molecule has 0 aromatic heterocycles. The third-order valence-electron chi connectivity index (χ3n) is 5.74. The summed E-state index contributed by atoms with van der Waals surface area (Å²) in [6.07, 6.45) is 32.1. The van der Waals surface area contributed by atoms with Crippen molar-refractivity contribution in [3.8, 4) is 0 Å². The maximum absolute atomic E-state index is 12.3. The van der Waals surface area contributed by atoms with Gasteiger partial charge >= 0.3 is 0 Å². The fourth-order valence-corrected chi connectivity index (χ4v) is 4.42. The van der Waals surface area contributed by atoms with Crippen LogP contribution in [0, 0.1) is 0 Å². The van der Waals surface area contributed by atoms with Gasteiger partial charge in [-0.25, -0.2) is 0 Å². The first kappa shape index (κ1) is 35.0. The molecule has 0 saturated heterocycles. The van der Waals surface area contributed by atoms with E-state index in [9.17, 15) is 22.9 Å². The fourth-order valence-electron chi connectivity index (χ4n) is 3.66. The summed E-state index contributed by atoms with van der Waals surface area (Å²) in [5, 5.41) is 13.0. The lowest BCUT2D eigenvalue weighted by molar-refractivity contribution is -0.122. The number of aliphatic hydroxyl groups is 1. The average molecular weight is 538 g/mol. The molecule has 2 atom stereocenters. The lowest BCUT2D eigenvalue weighted by Crippen LogP contribution is -2.47. The van der Waals surface area contributed by atoms with Gasteiger partial charge in [-0.1, -0.05) is 107 Å². The summed E-state index contributed by atoms with van der Waals surface area (Å²) in [4.78, 5) is 12.3. The largest absolute Gasteiger partial charge is 0.391 e. The van der Waals surface area contributed by atoms with Crippen LogP contribution in [0.25, 0.3) is 0 Å². The lowest BCUT2D eigenvalue weighted by Gasteiger charge is -2.23. The molecule has 0 aromatic rings. The maximum Gasteiger partial charge on any atom is 0.266 e. The minimum atomic E-state index is -4.31. The molecule has 0 bridgehead atoms. The van der Waals surface area contributed by atoms with E-state index in [0.717, 1.165) is 70.6 Å². The number of aliphatic hydroxyl groups excluding tert-OH is 1. The molecular weight excluding hydrogens is 486 g/mol. The Bertz CT molecular complexity index is 812. The van der Waals surface area contributed by atoms with Gasteiger partial charge in [0, 0.05) is 6.42 Å². The van der Waals surface area contributed by atoms with Crippen molar-refractivity contribution < 1.29 is 22.9 Å². The standard InChI is InChI=1S/C30H51NO5S/c1-3-5-7-9-10-11-12-13-14-15-16-17-18-19-20-22-24-26-30(33)31-28(27-37(34,35)36)29(32)25-23-21-8-6-4-2/h5,7,10-11,13-14,16-17,19-20,28-29,32H,3-4,6,8-9,12,15,18,21-27H2,1-2H3,(H,31,33)(H,34,35,36)/b7-5-,11-10-,14-13-,17-16-,20-19-. The molecule has 0 radical (unpaired) electrons. The number of allylic oxidation sites excluding steroid dienone is 10. The molecule has 0 aliphatic carbocycles. The van der Waals surface area contributed by atoms with E-state index in [2.05, 4.69) is 73.8 Å². The van der Waals surface area contributed by atoms with E-state index in [-0.39, 0.29) is 12.3 Å². The van der Waals surface area contributed by atoms with Crippen molar-refractivity contribution in [3.05, 3.63) is 60.8 Å². The molecule has 6 nitrogen and oxygen atoms in total. The van der Waals surface area contributed by atoms with Crippen LogP contribution in [0.2, 0.25) is 0 Å². The highest BCUT2D eigenvalue weighted by molar-refractivity contribution is 7.85. The van der Waals surface area contributed by atoms with Gasteiger partial charge in [0.05, 0.1) is 17.9 Å². The number of hydrogen-bond donors (Lipinski definition) is 3. The number of rotatable bonds is 23. The molecule has 3 N–H and O–H groups in total. The number of carbonyl (C=O) groups is 1. The van der Waals surface area contributed by atoms with Gasteiger partial charge in [0.25, 0.3) is 10.1 Å². The Hall–Kier alpha value is -1.96. The van der Waals surface area contributed by atoms with Gasteiger partial charge in [-0.2, -0.15) is 8.42 Å². The molecule has 37 heavy (non-hydrogen) atoms. The topological polar surface area (TPSA) is 104 Å². The molecule has 212 valence electrons. The Morgan fingerprint density at radius 1 is 0.757 bits per heavy atom. The molecule has 1 amide bonds. The van der Waals surface area contributed by atoms with E-state index in [1.54, 1.807) is 0 Å². The van der Waals surface area contributed by atoms with E-state index in [1.807, 2.05) is 6.08 Å². The summed E-state index contributed by atoms with van der Waals surface area (Å²) in [6, 6.07) is -0.998. The monoisotopic (exact) mass is 537 g/mol. The molecule has 7 heteroatoms. The summed E-state index contributed by atoms with van der Waals surface area (Å²) in [6.45, 7) is 4.25. The zero-order valence-corrected chi connectivity index (χ0v) is 23.9. The number of hydrogen-bond acceptors (Lipinski definition) is 4. The third-order valence-corrected chi connectivity index (χ3v) is 6.52. The van der Waals surface area contributed by atoms with Crippen molar-refractivity contribution in [1.82, 2.24) is 5.32 Å². The van der Waals surface area contributed by atoms with E-state index in [0.29, 0.717) is 12.8 Å². The van der Waals surface area contributed by atoms with Crippen LogP contribution in [0.1, 0.15) is 104 Å². The van der Waals surface area contributed by atoms with Gasteiger partial charge in [0.15, 0.2) is 0 Å². The van der Waals surface area contributed by atoms with E-state index < -0.39 is 28.0 Å². The summed E-state index contributed by atoms with van der Waals surface area (Å²) in [5.74, 6) is -0.991. The number of unbranched alkanes of at least 4 members (excludes halogenated alkanes) is 5. The molecule has 0 rings (SSSR count). The normalized spacial score (nSPS) is 14.6. The van der Waals surface area contributed by atoms with Crippen molar-refractivity contribution in [1.29, 1.82) is 0 Å². The van der Waals surface area contributed by atoms with Crippen molar-refractivity contribution in [2.45, 2.75) is 116 Å². The molecule has 0 aliphatic heterocycles. The molecule has 0 saturated carbocycles. The molecule has 0 heterocycles. The molecular formula is C30H51NO5S. The zero-order chi connectivity index (χ0) is 27.6. The highest BCUT2D eigenvalue weighted by Crippen LogP contribution is 2.11. The third kappa shape index (κ3) is 25.5. The molecule has 0 aromatic carbocycles. The first-order valence-electron chi connectivity index (χ1n) is 14.0. The van der Waals surface area contributed by atoms with Gasteiger partial charge in [0.2, 0.25) is 5.91 Å². The predicted octanol–water partition coefficient (Wildman–Crippen LogP) is 7.00. The van der Waals surface area contributed by atoms with Crippen molar-refractivity contribution in [2.24, 2.45) is 0 Å². The summed E-state index contributed by atoms with van der Waals surface area (Å²) in [5.41, 5.74) is 0. The van der Waals surface area contributed by atoms with Crippen LogP contribution in [-0.2, 0) is 14.9 Å². The van der Waals surface area contributed by atoms with E-state index in [1.165, 1.54) is 0 Å². The predicted molar refractivity (Wildman–Crippen MR) is 156 cm³/mol. The van der Waals surface area contributed by atoms with Gasteiger partial charge in [-0.15, -0.1) is 0 Å². The highest BCUT2D eigenvalue weighted by atomic mass is 32.2. The highest BCUT2D eigenvalue weighted by Gasteiger charge is 2.25. The number of nitrogens with one attached hydrogen (secondary N) is 1. The van der Waals surface area contributed by atoms with Gasteiger partial charge < -0.3 is 10.4 Å². The Morgan fingerprint density at radius 2 is 1.27 bits per heavy atom. The Kier molecular flexibility index (Phi) is 23.1. The molecule has 2 unspecified atom stereocenters. The van der Waals surface area contributed by atoms with Crippen LogP contribution in [0.4, 0.5) is 0 Å². The molecule has 0 spiro atoms. The molecule has 0 aliphatic rings. The SMILES string of the molecule is CC/C=C\C/C=C\C/C=C\C/C=C\C/C=C\CCCC(=O)NC(CS(=O)(=O)O)C(O)CCCCCCC. The first-order chi connectivity index (χ1) is 17.8. The van der Waals surface area contributed by atoms with Crippen LogP contribution in [0.15, 0.2) is 60.8 Å². The van der Waals surface area contributed by atoms with E-state index >= 15 is 0 Å². The van der Waals surface area contributed by atoms with E-state index in [4.69, 9.17) is 0 Å². The van der Waals surface area contributed by atoms with Crippen molar-refractivity contribution in [3.63, 3.8) is 0 Å². The summed E-state index contributed by atoms with van der Waals surface area (Å²) in [7, 11) is -4.31. The minimum Gasteiger partial charge on any atom is -0.391 e. The fraction of sp³-hybridized carbons (Fsp3) is 0.633. The van der Waals surface area contributed by atoms with Crippen LogP contribution >= 0.6 is 0 Å². The van der Waals surface area contributed by atoms with Crippen LogP contribution in [0.3, 0.4) is 0 Å². The van der Waals surface area contributed by atoms with Crippen LogP contribution in [0.5, 0.6) is 0 Å². The van der Waals surface area contributed by atoms with Gasteiger partial charge in [-0.05, 0) is 51.4 Å².